The summed E-state index contributed by atoms with van der Waals surface area (Å²) in [5, 5.41) is 12.9. The lowest BCUT2D eigenvalue weighted by Gasteiger charge is -2.11. The van der Waals surface area contributed by atoms with E-state index in [0.717, 1.165) is 11.5 Å². The first-order chi connectivity index (χ1) is 9.08. The van der Waals surface area contributed by atoms with Crippen LogP contribution in [0.4, 0.5) is 10.7 Å². The van der Waals surface area contributed by atoms with E-state index < -0.39 is 0 Å². The molecule has 1 N–H and O–H groups in total. The van der Waals surface area contributed by atoms with Gasteiger partial charge in [-0.25, -0.2) is 0 Å². The number of halogens is 1. The second-order valence-corrected chi connectivity index (χ2v) is 5.20. The van der Waals surface area contributed by atoms with Crippen molar-refractivity contribution in [3.05, 3.63) is 39.1 Å². The van der Waals surface area contributed by atoms with Crippen LogP contribution in [-0.4, -0.2) is 11.1 Å². The minimum absolute atomic E-state index is 0.0643. The standard InChI is InChI=1S/C12H10ClN3O2S/c1-16-12(17)7(6-14)11(19-16)15-10-8(13)4-3-5-9(10)18-2/h3-5,15H,1-2H3. The van der Waals surface area contributed by atoms with Crippen LogP contribution in [0.2, 0.25) is 5.02 Å². The third kappa shape index (κ3) is 2.43. The lowest BCUT2D eigenvalue weighted by Crippen LogP contribution is -2.11. The topological polar surface area (TPSA) is 67.0 Å². The molecule has 0 unspecified atom stereocenters. The molecule has 1 aromatic carbocycles. The first-order valence-electron chi connectivity index (χ1n) is 5.28. The fourth-order valence-electron chi connectivity index (χ4n) is 1.57. The van der Waals surface area contributed by atoms with E-state index in [1.54, 1.807) is 25.2 Å². The fraction of sp³-hybridized carbons (Fsp3) is 0.167. The van der Waals surface area contributed by atoms with Crippen molar-refractivity contribution in [2.75, 3.05) is 12.4 Å². The highest BCUT2D eigenvalue weighted by atomic mass is 35.5. The largest absolute Gasteiger partial charge is 0.495 e. The first kappa shape index (κ1) is 13.5. The van der Waals surface area contributed by atoms with Crippen LogP contribution in [0.15, 0.2) is 23.0 Å². The van der Waals surface area contributed by atoms with Crippen molar-refractivity contribution in [2.24, 2.45) is 7.05 Å². The molecule has 0 aliphatic rings. The highest BCUT2D eigenvalue weighted by molar-refractivity contribution is 7.11. The molecule has 0 aliphatic heterocycles. The summed E-state index contributed by atoms with van der Waals surface area (Å²) in [7, 11) is 3.12. The quantitative estimate of drug-likeness (QED) is 0.945. The van der Waals surface area contributed by atoms with Gasteiger partial charge in [-0.2, -0.15) is 5.26 Å². The predicted molar refractivity (Wildman–Crippen MR) is 75.6 cm³/mol. The van der Waals surface area contributed by atoms with Crippen LogP contribution in [0.5, 0.6) is 5.75 Å². The van der Waals surface area contributed by atoms with E-state index in [4.69, 9.17) is 21.6 Å². The zero-order valence-corrected chi connectivity index (χ0v) is 11.8. The van der Waals surface area contributed by atoms with Crippen molar-refractivity contribution in [3.8, 4) is 11.8 Å². The number of nitrogens with one attached hydrogen (secondary N) is 1. The maximum atomic E-state index is 11.7. The number of para-hydroxylation sites is 1. The van der Waals surface area contributed by atoms with Crippen LogP contribution < -0.4 is 15.6 Å². The molecule has 0 saturated carbocycles. The molecule has 7 heteroatoms. The smallest absolute Gasteiger partial charge is 0.280 e. The van der Waals surface area contributed by atoms with Crippen LogP contribution in [0.25, 0.3) is 0 Å². The lowest BCUT2D eigenvalue weighted by molar-refractivity contribution is 0.417. The molecule has 0 radical (unpaired) electrons. The molecule has 0 amide bonds. The number of benzene rings is 1. The first-order valence-corrected chi connectivity index (χ1v) is 6.43. The van der Waals surface area contributed by atoms with E-state index in [1.807, 2.05) is 6.07 Å². The van der Waals surface area contributed by atoms with E-state index in [-0.39, 0.29) is 11.1 Å². The molecular weight excluding hydrogens is 286 g/mol. The monoisotopic (exact) mass is 295 g/mol. The Morgan fingerprint density at radius 3 is 2.89 bits per heavy atom. The summed E-state index contributed by atoms with van der Waals surface area (Å²) in [5.74, 6) is 0.542. The zero-order chi connectivity index (χ0) is 14.0. The van der Waals surface area contributed by atoms with E-state index in [2.05, 4.69) is 5.32 Å². The molecule has 98 valence electrons. The van der Waals surface area contributed by atoms with Crippen molar-refractivity contribution in [2.45, 2.75) is 0 Å². The Bertz CT molecular complexity index is 715. The molecule has 1 heterocycles. The second-order valence-electron chi connectivity index (χ2n) is 3.65. The van der Waals surface area contributed by atoms with Crippen molar-refractivity contribution >= 4 is 33.8 Å². The number of hydrogen-bond acceptors (Lipinski definition) is 5. The highest BCUT2D eigenvalue weighted by Crippen LogP contribution is 2.36. The Balaban J connectivity index is 2.51. The lowest BCUT2D eigenvalue weighted by atomic mass is 10.3. The molecule has 0 fully saturated rings. The van der Waals surface area contributed by atoms with Gasteiger partial charge in [-0.3, -0.25) is 8.75 Å². The van der Waals surface area contributed by atoms with Gasteiger partial charge in [0.25, 0.3) is 5.56 Å². The van der Waals surface area contributed by atoms with Gasteiger partial charge in [0.2, 0.25) is 0 Å². The Morgan fingerprint density at radius 1 is 1.53 bits per heavy atom. The molecule has 1 aromatic heterocycles. The summed E-state index contributed by atoms with van der Waals surface area (Å²) in [5.41, 5.74) is 0.264. The number of ether oxygens (including phenoxy) is 1. The van der Waals surface area contributed by atoms with Gasteiger partial charge in [-0.1, -0.05) is 17.7 Å². The maximum absolute atomic E-state index is 11.7. The van der Waals surface area contributed by atoms with Gasteiger partial charge >= 0.3 is 0 Å². The molecule has 0 aliphatic carbocycles. The molecule has 0 spiro atoms. The summed E-state index contributed by atoms with van der Waals surface area (Å²) in [6.07, 6.45) is 0. The molecular formula is C12H10ClN3O2S. The van der Waals surface area contributed by atoms with Crippen LogP contribution >= 0.6 is 23.1 Å². The van der Waals surface area contributed by atoms with Crippen LogP contribution in [-0.2, 0) is 7.05 Å². The van der Waals surface area contributed by atoms with E-state index in [0.29, 0.717) is 21.5 Å². The number of nitriles is 1. The Kier molecular flexibility index (Phi) is 3.79. The summed E-state index contributed by atoms with van der Waals surface area (Å²) < 4.78 is 6.58. The van der Waals surface area contributed by atoms with Gasteiger partial charge in [-0.05, 0) is 23.7 Å². The van der Waals surface area contributed by atoms with Crippen molar-refractivity contribution < 1.29 is 4.74 Å². The van der Waals surface area contributed by atoms with Crippen molar-refractivity contribution in [3.63, 3.8) is 0 Å². The zero-order valence-electron chi connectivity index (χ0n) is 10.2. The minimum atomic E-state index is -0.332. The number of aryl methyl sites for hydroxylation is 1. The number of hydrogen-bond donors (Lipinski definition) is 1. The van der Waals surface area contributed by atoms with Gasteiger partial charge in [0, 0.05) is 7.05 Å². The Hall–Kier alpha value is -1.97. The molecule has 0 saturated heterocycles. The second kappa shape index (κ2) is 5.34. The van der Waals surface area contributed by atoms with E-state index in [1.165, 1.54) is 11.1 Å². The van der Waals surface area contributed by atoms with Gasteiger partial charge in [-0.15, -0.1) is 0 Å². The number of nitrogens with zero attached hydrogens (tertiary/aromatic N) is 2. The maximum Gasteiger partial charge on any atom is 0.280 e. The van der Waals surface area contributed by atoms with Gasteiger partial charge in [0.05, 0.1) is 12.1 Å². The summed E-state index contributed by atoms with van der Waals surface area (Å²) in [6, 6.07) is 7.09. The molecule has 0 atom stereocenters. The van der Waals surface area contributed by atoms with Crippen LogP contribution in [0.3, 0.4) is 0 Å². The third-order valence-corrected chi connectivity index (χ3v) is 3.74. The highest BCUT2D eigenvalue weighted by Gasteiger charge is 2.16. The summed E-state index contributed by atoms with van der Waals surface area (Å²) in [6.45, 7) is 0. The normalized spacial score (nSPS) is 10.0. The van der Waals surface area contributed by atoms with Gasteiger partial charge < -0.3 is 10.1 Å². The van der Waals surface area contributed by atoms with Crippen LogP contribution in [0.1, 0.15) is 5.56 Å². The average Bonchev–Trinajstić information content (AvgIpc) is 2.67. The molecule has 0 bridgehead atoms. The SMILES string of the molecule is COc1cccc(Cl)c1Nc1sn(C)c(=O)c1C#N. The number of methoxy groups -OCH3 is 1. The minimum Gasteiger partial charge on any atom is -0.495 e. The molecule has 5 nitrogen and oxygen atoms in total. The molecule has 2 aromatic rings. The van der Waals surface area contributed by atoms with Gasteiger partial charge in [0.15, 0.2) is 5.56 Å². The number of aromatic nitrogens is 1. The predicted octanol–water partition coefficient (Wildman–Crippen LogP) is 2.72. The average molecular weight is 296 g/mol. The van der Waals surface area contributed by atoms with Crippen LogP contribution in [0, 0.1) is 11.3 Å². The van der Waals surface area contributed by atoms with Gasteiger partial charge in [0.1, 0.15) is 22.5 Å². The summed E-state index contributed by atoms with van der Waals surface area (Å²) >= 11 is 7.24. The Labute approximate surface area is 118 Å². The number of anilines is 2. The van der Waals surface area contributed by atoms with Crippen molar-refractivity contribution in [1.29, 1.82) is 5.26 Å². The summed E-state index contributed by atoms with van der Waals surface area (Å²) in [4.78, 5) is 11.7. The molecule has 2 rings (SSSR count). The van der Waals surface area contributed by atoms with E-state index in [9.17, 15) is 4.79 Å². The number of rotatable bonds is 3. The molecule has 19 heavy (non-hydrogen) atoms. The van der Waals surface area contributed by atoms with Crippen molar-refractivity contribution in [1.82, 2.24) is 3.96 Å². The fourth-order valence-corrected chi connectivity index (χ4v) is 2.60. The van der Waals surface area contributed by atoms with E-state index >= 15 is 0 Å². The third-order valence-electron chi connectivity index (χ3n) is 2.50. The Morgan fingerprint density at radius 2 is 2.26 bits per heavy atom.